The molecular weight excluding hydrogens is 380 g/mol. The summed E-state index contributed by atoms with van der Waals surface area (Å²) in [6.07, 6.45) is 4.93. The average Bonchev–Trinajstić information content (AvgIpc) is 3.11. The van der Waals surface area contributed by atoms with Crippen LogP contribution in [0, 0.1) is 6.92 Å². The van der Waals surface area contributed by atoms with Crippen LogP contribution < -0.4 is 9.80 Å². The Kier molecular flexibility index (Phi) is 4.74. The number of thiophene rings is 1. The fourth-order valence-corrected chi connectivity index (χ4v) is 5.86. The first-order valence-corrected chi connectivity index (χ1v) is 11.3. The van der Waals surface area contributed by atoms with Gasteiger partial charge in [0.25, 0.3) is 0 Å². The SMILES string of the molecule is CC(=O)c1ccc(N2CCN(c3nc(C)nc4sc5c(c34)CCCC5)CC2)cc1. The Bertz CT molecular complexity index is 1060. The van der Waals surface area contributed by atoms with Crippen LogP contribution in [0.3, 0.4) is 0 Å². The minimum absolute atomic E-state index is 0.114. The number of piperazine rings is 1. The van der Waals surface area contributed by atoms with Crippen LogP contribution in [0.1, 0.15) is 46.4 Å². The number of ketones is 1. The third-order valence-electron chi connectivity index (χ3n) is 6.13. The zero-order valence-electron chi connectivity index (χ0n) is 17.1. The van der Waals surface area contributed by atoms with Crippen molar-refractivity contribution in [2.24, 2.45) is 0 Å². The molecule has 1 aliphatic carbocycles. The van der Waals surface area contributed by atoms with Gasteiger partial charge in [-0.2, -0.15) is 0 Å². The summed E-state index contributed by atoms with van der Waals surface area (Å²) in [5, 5.41) is 1.31. The predicted molar refractivity (Wildman–Crippen MR) is 120 cm³/mol. The van der Waals surface area contributed by atoms with Crippen LogP contribution in [0.25, 0.3) is 10.2 Å². The van der Waals surface area contributed by atoms with Gasteiger partial charge in [-0.1, -0.05) is 0 Å². The highest BCUT2D eigenvalue weighted by Crippen LogP contribution is 2.40. The molecule has 1 aromatic carbocycles. The Hall–Kier alpha value is -2.47. The van der Waals surface area contributed by atoms with Gasteiger partial charge >= 0.3 is 0 Å². The Morgan fingerprint density at radius 3 is 2.38 bits per heavy atom. The summed E-state index contributed by atoms with van der Waals surface area (Å²) >= 11 is 1.88. The summed E-state index contributed by atoms with van der Waals surface area (Å²) in [6, 6.07) is 7.99. The van der Waals surface area contributed by atoms with E-state index in [0.717, 1.165) is 49.8 Å². The van der Waals surface area contributed by atoms with Crippen molar-refractivity contribution in [2.75, 3.05) is 36.0 Å². The molecule has 3 heterocycles. The molecule has 0 N–H and O–H groups in total. The number of Topliss-reactive ketones (excluding diaryl/α,β-unsaturated/α-hetero) is 1. The number of rotatable bonds is 3. The zero-order valence-corrected chi connectivity index (χ0v) is 17.9. The van der Waals surface area contributed by atoms with Gasteiger partial charge in [0.1, 0.15) is 16.5 Å². The highest BCUT2D eigenvalue weighted by Gasteiger charge is 2.25. The van der Waals surface area contributed by atoms with Crippen molar-refractivity contribution in [3.63, 3.8) is 0 Å². The van der Waals surface area contributed by atoms with Crippen molar-refractivity contribution in [1.29, 1.82) is 0 Å². The number of aromatic nitrogens is 2. The molecule has 2 aliphatic rings. The Morgan fingerprint density at radius 1 is 0.966 bits per heavy atom. The van der Waals surface area contributed by atoms with Crippen molar-refractivity contribution in [3.05, 3.63) is 46.1 Å². The van der Waals surface area contributed by atoms with E-state index in [0.29, 0.717) is 0 Å². The summed E-state index contributed by atoms with van der Waals surface area (Å²) in [7, 11) is 0. The molecule has 29 heavy (non-hydrogen) atoms. The topological polar surface area (TPSA) is 49.3 Å². The number of hydrogen-bond donors (Lipinski definition) is 0. The van der Waals surface area contributed by atoms with Crippen molar-refractivity contribution in [3.8, 4) is 0 Å². The van der Waals surface area contributed by atoms with Crippen LogP contribution in [0.15, 0.2) is 24.3 Å². The molecule has 0 saturated carbocycles. The number of aryl methyl sites for hydroxylation is 3. The maximum Gasteiger partial charge on any atom is 0.159 e. The van der Waals surface area contributed by atoms with Gasteiger partial charge in [-0.05, 0) is 69.4 Å². The van der Waals surface area contributed by atoms with Gasteiger partial charge in [-0.3, -0.25) is 4.79 Å². The van der Waals surface area contributed by atoms with E-state index in [2.05, 4.69) is 21.9 Å². The summed E-state index contributed by atoms with van der Waals surface area (Å²) in [4.78, 5) is 28.7. The largest absolute Gasteiger partial charge is 0.368 e. The lowest BCUT2D eigenvalue weighted by Crippen LogP contribution is -2.47. The molecule has 0 radical (unpaired) electrons. The normalized spacial score (nSPS) is 16.9. The number of fused-ring (bicyclic) bond motifs is 3. The Morgan fingerprint density at radius 2 is 1.66 bits per heavy atom. The monoisotopic (exact) mass is 406 g/mol. The van der Waals surface area contributed by atoms with E-state index >= 15 is 0 Å². The number of carbonyl (C=O) groups excluding carboxylic acids is 1. The Labute approximate surface area is 175 Å². The Balaban J connectivity index is 1.40. The van der Waals surface area contributed by atoms with E-state index < -0.39 is 0 Å². The van der Waals surface area contributed by atoms with Gasteiger partial charge in [0.15, 0.2) is 5.78 Å². The van der Waals surface area contributed by atoms with Crippen LogP contribution in [0.5, 0.6) is 0 Å². The molecule has 6 heteroatoms. The van der Waals surface area contributed by atoms with Gasteiger partial charge in [-0.15, -0.1) is 11.3 Å². The quantitative estimate of drug-likeness (QED) is 0.603. The molecule has 0 atom stereocenters. The van der Waals surface area contributed by atoms with Gasteiger partial charge in [0.05, 0.1) is 5.39 Å². The summed E-state index contributed by atoms with van der Waals surface area (Å²) < 4.78 is 0. The highest BCUT2D eigenvalue weighted by atomic mass is 32.1. The molecule has 2 aromatic heterocycles. The second kappa shape index (κ2) is 7.41. The fraction of sp³-hybridized carbons (Fsp3) is 0.435. The summed E-state index contributed by atoms with van der Waals surface area (Å²) in [5.41, 5.74) is 3.47. The number of anilines is 2. The van der Waals surface area contributed by atoms with E-state index in [9.17, 15) is 4.79 Å². The molecule has 5 nitrogen and oxygen atoms in total. The maximum atomic E-state index is 11.5. The van der Waals surface area contributed by atoms with Crippen molar-refractivity contribution < 1.29 is 4.79 Å². The second-order valence-electron chi connectivity index (χ2n) is 8.06. The molecule has 3 aromatic rings. The molecule has 0 amide bonds. The molecule has 1 fully saturated rings. The number of nitrogens with zero attached hydrogens (tertiary/aromatic N) is 4. The number of hydrogen-bond acceptors (Lipinski definition) is 6. The fourth-order valence-electron chi connectivity index (χ4n) is 4.55. The first kappa shape index (κ1) is 18.6. The number of carbonyl (C=O) groups is 1. The smallest absolute Gasteiger partial charge is 0.159 e. The second-order valence-corrected chi connectivity index (χ2v) is 9.15. The third-order valence-corrected chi connectivity index (χ3v) is 7.31. The summed E-state index contributed by atoms with van der Waals surface area (Å²) in [6.45, 7) is 7.43. The first-order valence-electron chi connectivity index (χ1n) is 10.5. The standard InChI is InChI=1S/C23H26N4OS/c1-15(28)17-7-9-18(10-8-17)26-11-13-27(14-12-26)22-21-19-5-3-4-6-20(19)29-23(21)25-16(2)24-22/h7-10H,3-6,11-14H2,1-2H3. The lowest BCUT2D eigenvalue weighted by atomic mass is 9.97. The minimum atomic E-state index is 0.114. The van der Waals surface area contributed by atoms with E-state index in [1.165, 1.54) is 45.6 Å². The molecular formula is C23H26N4OS. The third kappa shape index (κ3) is 3.39. The van der Waals surface area contributed by atoms with Crippen molar-refractivity contribution in [2.45, 2.75) is 39.5 Å². The highest BCUT2D eigenvalue weighted by molar-refractivity contribution is 7.19. The van der Waals surface area contributed by atoms with Gasteiger partial charge in [0, 0.05) is 42.3 Å². The van der Waals surface area contributed by atoms with Crippen LogP contribution in [0.4, 0.5) is 11.5 Å². The van der Waals surface area contributed by atoms with Crippen LogP contribution in [0.2, 0.25) is 0 Å². The molecule has 0 spiro atoms. The van der Waals surface area contributed by atoms with E-state index in [1.807, 2.05) is 30.4 Å². The molecule has 150 valence electrons. The average molecular weight is 407 g/mol. The van der Waals surface area contributed by atoms with Crippen molar-refractivity contribution in [1.82, 2.24) is 9.97 Å². The van der Waals surface area contributed by atoms with Gasteiger partial charge in [-0.25, -0.2) is 9.97 Å². The van der Waals surface area contributed by atoms with Gasteiger partial charge in [0.2, 0.25) is 0 Å². The summed E-state index contributed by atoms with van der Waals surface area (Å²) in [5.74, 6) is 2.12. The maximum absolute atomic E-state index is 11.5. The zero-order chi connectivity index (χ0) is 20.0. The molecule has 0 unspecified atom stereocenters. The van der Waals surface area contributed by atoms with Gasteiger partial charge < -0.3 is 9.80 Å². The molecule has 0 bridgehead atoms. The molecule has 1 aliphatic heterocycles. The van der Waals surface area contributed by atoms with Crippen molar-refractivity contribution >= 4 is 38.8 Å². The first-order chi connectivity index (χ1) is 14.1. The van der Waals surface area contributed by atoms with E-state index in [1.54, 1.807) is 6.92 Å². The van der Waals surface area contributed by atoms with E-state index in [-0.39, 0.29) is 5.78 Å². The lowest BCUT2D eigenvalue weighted by molar-refractivity contribution is 0.101. The van der Waals surface area contributed by atoms with Crippen LogP contribution in [-0.2, 0) is 12.8 Å². The molecule has 1 saturated heterocycles. The van der Waals surface area contributed by atoms with E-state index in [4.69, 9.17) is 9.97 Å². The number of benzene rings is 1. The predicted octanol–water partition coefficient (Wildman–Crippen LogP) is 4.41. The lowest BCUT2D eigenvalue weighted by Gasteiger charge is -2.37. The van der Waals surface area contributed by atoms with Crippen LogP contribution >= 0.6 is 11.3 Å². The van der Waals surface area contributed by atoms with Crippen LogP contribution in [-0.4, -0.2) is 41.9 Å². The molecule has 5 rings (SSSR count). The minimum Gasteiger partial charge on any atom is -0.368 e.